The monoisotopic (exact) mass is 425 g/mol. The van der Waals surface area contributed by atoms with E-state index in [0.29, 0.717) is 17.0 Å². The molecular formula is C25H19N3O4. The predicted molar refractivity (Wildman–Crippen MR) is 117 cm³/mol. The molecule has 0 spiro atoms. The lowest BCUT2D eigenvalue weighted by atomic mass is 9.90. The van der Waals surface area contributed by atoms with Gasteiger partial charge in [0.2, 0.25) is 5.91 Å². The second-order valence-corrected chi connectivity index (χ2v) is 7.60. The molecule has 0 saturated carbocycles. The molecule has 0 unspecified atom stereocenters. The normalized spacial score (nSPS) is 22.1. The van der Waals surface area contributed by atoms with Crippen LogP contribution < -0.4 is 14.7 Å². The molecule has 7 nitrogen and oxygen atoms in total. The molecule has 5 rings (SSSR count). The highest BCUT2D eigenvalue weighted by Crippen LogP contribution is 2.47. The number of rotatable bonds is 4. The van der Waals surface area contributed by atoms with Crippen LogP contribution in [0, 0.1) is 17.2 Å². The zero-order valence-electron chi connectivity index (χ0n) is 17.2. The number of fused-ring (bicyclic) bond motifs is 1. The number of carbonyl (C=O) groups excluding carboxylic acids is 2. The third-order valence-corrected chi connectivity index (χ3v) is 5.84. The van der Waals surface area contributed by atoms with Crippen LogP contribution in [0.3, 0.4) is 0 Å². The summed E-state index contributed by atoms with van der Waals surface area (Å²) in [6, 6.07) is 24.8. The van der Waals surface area contributed by atoms with E-state index >= 15 is 0 Å². The third-order valence-electron chi connectivity index (χ3n) is 5.84. The van der Waals surface area contributed by atoms with E-state index in [-0.39, 0.29) is 5.91 Å². The molecule has 0 aliphatic carbocycles. The van der Waals surface area contributed by atoms with Crippen LogP contribution >= 0.6 is 0 Å². The average Bonchev–Trinajstić information content (AvgIpc) is 3.36. The molecule has 32 heavy (non-hydrogen) atoms. The zero-order valence-corrected chi connectivity index (χ0v) is 17.2. The summed E-state index contributed by atoms with van der Waals surface area (Å²) < 4.78 is 5.26. The SMILES string of the molecule is COc1ccc([C@H]2[C@@H]3C(=O)N(c4ccc(C#N)cc4)C(=O)[C@H]3ON2c2ccccc2)cc1. The van der Waals surface area contributed by atoms with Crippen molar-refractivity contribution in [3.8, 4) is 11.8 Å². The number of nitrogens with zero attached hydrogens (tertiary/aromatic N) is 3. The van der Waals surface area contributed by atoms with Gasteiger partial charge in [-0.05, 0) is 54.1 Å². The number of amides is 2. The lowest BCUT2D eigenvalue weighted by Gasteiger charge is -2.28. The predicted octanol–water partition coefficient (Wildman–Crippen LogP) is 3.62. The van der Waals surface area contributed by atoms with E-state index in [2.05, 4.69) is 0 Å². The highest BCUT2D eigenvalue weighted by Gasteiger charge is 2.60. The quantitative estimate of drug-likeness (QED) is 0.594. The Morgan fingerprint density at radius 1 is 0.875 bits per heavy atom. The number of anilines is 2. The van der Waals surface area contributed by atoms with Crippen LogP contribution in [0.15, 0.2) is 78.9 Å². The largest absolute Gasteiger partial charge is 0.497 e. The molecule has 2 aliphatic heterocycles. The summed E-state index contributed by atoms with van der Waals surface area (Å²) in [6.07, 6.45) is -0.939. The van der Waals surface area contributed by atoms with Gasteiger partial charge >= 0.3 is 0 Å². The topological polar surface area (TPSA) is 82.9 Å². The summed E-state index contributed by atoms with van der Waals surface area (Å²) in [5.74, 6) is -0.763. The number of para-hydroxylation sites is 1. The second kappa shape index (κ2) is 7.84. The number of methoxy groups -OCH3 is 1. The molecule has 0 bridgehead atoms. The smallest absolute Gasteiger partial charge is 0.266 e. The van der Waals surface area contributed by atoms with Gasteiger partial charge in [0.15, 0.2) is 6.10 Å². The molecule has 0 N–H and O–H groups in total. The highest BCUT2D eigenvalue weighted by molar-refractivity contribution is 6.23. The first kappa shape index (κ1) is 19.8. The van der Waals surface area contributed by atoms with E-state index < -0.39 is 24.0 Å². The number of hydrogen-bond donors (Lipinski definition) is 0. The average molecular weight is 425 g/mol. The van der Waals surface area contributed by atoms with E-state index in [4.69, 9.17) is 14.8 Å². The fourth-order valence-corrected chi connectivity index (χ4v) is 4.29. The van der Waals surface area contributed by atoms with Gasteiger partial charge in [0.1, 0.15) is 11.7 Å². The van der Waals surface area contributed by atoms with Gasteiger partial charge in [-0.2, -0.15) is 5.26 Å². The molecule has 2 fully saturated rings. The van der Waals surface area contributed by atoms with Gasteiger partial charge < -0.3 is 4.74 Å². The minimum absolute atomic E-state index is 0.330. The molecule has 2 saturated heterocycles. The summed E-state index contributed by atoms with van der Waals surface area (Å²) in [7, 11) is 1.59. The first-order chi connectivity index (χ1) is 15.6. The molecule has 2 heterocycles. The molecule has 158 valence electrons. The maximum absolute atomic E-state index is 13.5. The van der Waals surface area contributed by atoms with Gasteiger partial charge in [-0.15, -0.1) is 0 Å². The molecule has 3 aromatic rings. The lowest BCUT2D eigenvalue weighted by molar-refractivity contribution is -0.126. The molecule has 7 heteroatoms. The van der Waals surface area contributed by atoms with E-state index in [1.807, 2.05) is 60.7 Å². The Hall–Kier alpha value is -4.15. The summed E-state index contributed by atoms with van der Waals surface area (Å²) in [4.78, 5) is 34.1. The number of hydroxylamine groups is 1. The summed E-state index contributed by atoms with van der Waals surface area (Å²) >= 11 is 0. The van der Waals surface area contributed by atoms with Crippen molar-refractivity contribution in [1.29, 1.82) is 5.26 Å². The van der Waals surface area contributed by atoms with Crippen molar-refractivity contribution in [1.82, 2.24) is 0 Å². The van der Waals surface area contributed by atoms with Gasteiger partial charge in [-0.1, -0.05) is 30.3 Å². The lowest BCUT2D eigenvalue weighted by Crippen LogP contribution is -2.37. The van der Waals surface area contributed by atoms with Crippen molar-refractivity contribution in [3.63, 3.8) is 0 Å². The summed E-state index contributed by atoms with van der Waals surface area (Å²) in [5.41, 5.74) is 2.48. The van der Waals surface area contributed by atoms with Crippen LogP contribution in [0.2, 0.25) is 0 Å². The molecule has 2 amide bonds. The Labute approximate surface area is 185 Å². The van der Waals surface area contributed by atoms with Crippen molar-refractivity contribution in [3.05, 3.63) is 90.0 Å². The fraction of sp³-hybridized carbons (Fsp3) is 0.160. The Morgan fingerprint density at radius 3 is 2.19 bits per heavy atom. The Morgan fingerprint density at radius 2 is 1.56 bits per heavy atom. The van der Waals surface area contributed by atoms with Crippen LogP contribution in [0.1, 0.15) is 17.2 Å². The van der Waals surface area contributed by atoms with Crippen LogP contribution in [0.4, 0.5) is 11.4 Å². The highest BCUT2D eigenvalue weighted by atomic mass is 16.7. The van der Waals surface area contributed by atoms with Crippen molar-refractivity contribution < 1.29 is 19.2 Å². The number of ether oxygens (including phenoxy) is 1. The zero-order chi connectivity index (χ0) is 22.2. The van der Waals surface area contributed by atoms with Gasteiger partial charge in [-0.3, -0.25) is 14.4 Å². The van der Waals surface area contributed by atoms with Gasteiger partial charge in [0.05, 0.1) is 36.2 Å². The summed E-state index contributed by atoms with van der Waals surface area (Å²) in [5, 5.41) is 10.7. The summed E-state index contributed by atoms with van der Waals surface area (Å²) in [6.45, 7) is 0. The number of nitriles is 1. The number of hydrogen-bond acceptors (Lipinski definition) is 6. The van der Waals surface area contributed by atoms with E-state index in [9.17, 15) is 9.59 Å². The third kappa shape index (κ3) is 3.09. The minimum Gasteiger partial charge on any atom is -0.497 e. The Balaban J connectivity index is 1.56. The molecule has 2 aliphatic rings. The minimum atomic E-state index is -0.939. The fourth-order valence-electron chi connectivity index (χ4n) is 4.29. The maximum atomic E-state index is 13.5. The van der Waals surface area contributed by atoms with Crippen molar-refractivity contribution in [2.24, 2.45) is 5.92 Å². The van der Waals surface area contributed by atoms with Gasteiger partial charge in [0, 0.05) is 0 Å². The first-order valence-corrected chi connectivity index (χ1v) is 10.2. The molecular weight excluding hydrogens is 406 g/mol. The van der Waals surface area contributed by atoms with Crippen molar-refractivity contribution in [2.45, 2.75) is 12.1 Å². The first-order valence-electron chi connectivity index (χ1n) is 10.2. The van der Waals surface area contributed by atoms with Crippen molar-refractivity contribution >= 4 is 23.2 Å². The Bertz CT molecular complexity index is 1200. The van der Waals surface area contributed by atoms with E-state index in [1.54, 1.807) is 36.4 Å². The molecule has 0 aromatic heterocycles. The standard InChI is InChI=1S/C25H19N3O4/c1-31-20-13-9-17(10-14-20)22-21-23(32-28(22)19-5-3-2-4-6-19)25(30)27(24(21)29)18-11-7-16(15-26)8-12-18/h2-14,21-23H,1H3/t21-,22-,23-/m0/s1. The second-order valence-electron chi connectivity index (χ2n) is 7.60. The maximum Gasteiger partial charge on any atom is 0.266 e. The molecule has 3 aromatic carbocycles. The molecule has 3 atom stereocenters. The van der Waals surface area contributed by atoms with Crippen LogP contribution in [0.25, 0.3) is 0 Å². The number of carbonyl (C=O) groups is 2. The number of imide groups is 1. The van der Waals surface area contributed by atoms with E-state index in [0.717, 1.165) is 16.2 Å². The van der Waals surface area contributed by atoms with Crippen LogP contribution in [-0.4, -0.2) is 25.0 Å². The van der Waals surface area contributed by atoms with Crippen LogP contribution in [0.5, 0.6) is 5.75 Å². The van der Waals surface area contributed by atoms with Gasteiger partial charge in [0.25, 0.3) is 5.91 Å². The number of benzene rings is 3. The molecule has 0 radical (unpaired) electrons. The van der Waals surface area contributed by atoms with Crippen LogP contribution in [-0.2, 0) is 14.4 Å². The van der Waals surface area contributed by atoms with Gasteiger partial charge in [-0.25, -0.2) is 9.96 Å². The van der Waals surface area contributed by atoms with Crippen molar-refractivity contribution in [2.75, 3.05) is 17.1 Å². The Kier molecular flexibility index (Phi) is 4.85. The van der Waals surface area contributed by atoms with E-state index in [1.165, 1.54) is 0 Å².